The van der Waals surface area contributed by atoms with E-state index in [0.717, 1.165) is 66.2 Å². The van der Waals surface area contributed by atoms with Crippen molar-refractivity contribution in [1.82, 2.24) is 29.2 Å². The van der Waals surface area contributed by atoms with Crippen LogP contribution in [-0.4, -0.2) is 70.6 Å². The number of nitrogens with two attached hydrogens (primary N) is 1. The van der Waals surface area contributed by atoms with Crippen molar-refractivity contribution >= 4 is 33.9 Å². The molecule has 3 N–H and O–H groups in total. The Morgan fingerprint density at radius 1 is 1.07 bits per heavy atom. The minimum atomic E-state index is 0.466. The minimum absolute atomic E-state index is 0.466. The van der Waals surface area contributed by atoms with Crippen molar-refractivity contribution in [3.8, 4) is 28.1 Å². The molecule has 0 unspecified atom stereocenters. The quantitative estimate of drug-likeness (QED) is 0.239. The van der Waals surface area contributed by atoms with E-state index in [1.807, 2.05) is 43.3 Å². The third kappa shape index (κ3) is 4.92. The van der Waals surface area contributed by atoms with Gasteiger partial charge in [0.1, 0.15) is 5.75 Å². The molecule has 5 aromatic rings. The zero-order chi connectivity index (χ0) is 29.5. The molecule has 0 spiro atoms. The molecule has 0 bridgehead atoms. The summed E-state index contributed by atoms with van der Waals surface area (Å²) in [6.07, 6.45) is 8.25. The molecule has 4 heterocycles. The van der Waals surface area contributed by atoms with Crippen molar-refractivity contribution < 1.29 is 4.74 Å². The largest absolute Gasteiger partial charge is 0.494 e. The number of aromatic nitrogens is 5. The minimum Gasteiger partial charge on any atom is -0.494 e. The lowest BCUT2D eigenvalue weighted by molar-refractivity contribution is 0.413. The highest BCUT2D eigenvalue weighted by atomic mass is 16.5. The molecule has 0 aliphatic carbocycles. The number of rotatable bonds is 9. The maximum absolute atomic E-state index is 6.54. The number of methoxy groups -OCH3 is 1. The molecular weight excluding hydrogens is 526 g/mol. The Balaban J connectivity index is 1.44. The number of ether oxygens (including phenoxy) is 1. The third-order valence-corrected chi connectivity index (χ3v) is 8.29. The van der Waals surface area contributed by atoms with E-state index in [2.05, 4.69) is 70.2 Å². The Bertz CT molecular complexity index is 1770. The number of anilines is 4. The molecule has 0 fully saturated rings. The fraction of sp³-hybridized carbons (Fsp3) is 0.344. The van der Waals surface area contributed by atoms with Crippen LogP contribution in [0.3, 0.4) is 0 Å². The van der Waals surface area contributed by atoms with Crippen LogP contribution in [0.2, 0.25) is 0 Å². The Hall–Kier alpha value is -4.57. The Labute approximate surface area is 246 Å². The Morgan fingerprint density at radius 3 is 2.64 bits per heavy atom. The third-order valence-electron chi connectivity index (χ3n) is 8.29. The predicted molar refractivity (Wildman–Crippen MR) is 171 cm³/mol. The van der Waals surface area contributed by atoms with Gasteiger partial charge in [-0.15, -0.1) is 0 Å². The lowest BCUT2D eigenvalue weighted by Gasteiger charge is -2.24. The lowest BCUT2D eigenvalue weighted by atomic mass is 9.98. The van der Waals surface area contributed by atoms with Gasteiger partial charge < -0.3 is 30.2 Å². The highest BCUT2D eigenvalue weighted by Gasteiger charge is 2.23. The van der Waals surface area contributed by atoms with Gasteiger partial charge in [-0.2, -0.15) is 5.10 Å². The van der Waals surface area contributed by atoms with Gasteiger partial charge in [0, 0.05) is 80.0 Å². The van der Waals surface area contributed by atoms with Gasteiger partial charge in [-0.1, -0.05) is 18.2 Å². The van der Waals surface area contributed by atoms with Gasteiger partial charge in [0.2, 0.25) is 5.95 Å². The van der Waals surface area contributed by atoms with E-state index in [1.54, 1.807) is 7.11 Å². The molecule has 10 heteroatoms. The van der Waals surface area contributed by atoms with Crippen molar-refractivity contribution in [3.05, 3.63) is 60.2 Å². The molecule has 0 saturated carbocycles. The smallest absolute Gasteiger partial charge is 0.227 e. The summed E-state index contributed by atoms with van der Waals surface area (Å²) in [7, 11) is 9.77. The summed E-state index contributed by atoms with van der Waals surface area (Å²) in [6, 6.07) is 10.4. The first kappa shape index (κ1) is 27.6. The van der Waals surface area contributed by atoms with Crippen LogP contribution in [0.5, 0.6) is 5.75 Å². The van der Waals surface area contributed by atoms with Gasteiger partial charge in [-0.05, 0) is 45.5 Å². The topological polar surface area (TPSA) is 102 Å². The summed E-state index contributed by atoms with van der Waals surface area (Å²) in [5.74, 6) is 1.13. The van der Waals surface area contributed by atoms with Gasteiger partial charge in [-0.25, -0.2) is 9.97 Å². The van der Waals surface area contributed by atoms with E-state index in [-0.39, 0.29) is 0 Å². The van der Waals surface area contributed by atoms with Gasteiger partial charge in [0.05, 0.1) is 41.6 Å². The molecule has 0 atom stereocenters. The Kier molecular flexibility index (Phi) is 7.24. The van der Waals surface area contributed by atoms with Gasteiger partial charge >= 0.3 is 0 Å². The standard InChI is InChI=1S/C32H39N9O/c1-20-23(18-35-40(20)5)24-17-34-32(36-27-15-26(33)28(16-29(27)42-6)39(4)14-13-38(2)3)37-30(24)25-19-41-12-8-10-21-9-7-11-22(25)31(21)41/h7,9,11,15-19H,8,10,12-14,33H2,1-6H3,(H,34,36,37). The second-order valence-corrected chi connectivity index (χ2v) is 11.3. The molecule has 0 saturated heterocycles. The summed E-state index contributed by atoms with van der Waals surface area (Å²) in [5, 5.41) is 9.11. The average Bonchev–Trinajstić information content (AvgIpc) is 3.52. The molecular formula is C32H39N9O. The number of likely N-dealkylation sites (N-methyl/N-ethyl adjacent to an activating group) is 2. The molecule has 42 heavy (non-hydrogen) atoms. The predicted octanol–water partition coefficient (Wildman–Crippen LogP) is 5.09. The fourth-order valence-electron chi connectivity index (χ4n) is 5.83. The fourth-order valence-corrected chi connectivity index (χ4v) is 5.83. The summed E-state index contributed by atoms with van der Waals surface area (Å²) in [4.78, 5) is 14.2. The van der Waals surface area contributed by atoms with Crippen LogP contribution in [0.4, 0.5) is 23.0 Å². The van der Waals surface area contributed by atoms with Gasteiger partial charge in [0.15, 0.2) is 0 Å². The van der Waals surface area contributed by atoms with Gasteiger partial charge in [-0.3, -0.25) is 4.68 Å². The lowest BCUT2D eigenvalue weighted by Crippen LogP contribution is -2.29. The van der Waals surface area contributed by atoms with Crippen LogP contribution < -0.4 is 20.7 Å². The average molecular weight is 566 g/mol. The SMILES string of the molecule is COc1cc(N(C)CCN(C)C)c(N)cc1Nc1ncc(-c2cnn(C)c2C)c(-c2cn3c4c(cccc24)CCC3)n1. The zero-order valence-corrected chi connectivity index (χ0v) is 25.3. The van der Waals surface area contributed by atoms with Crippen LogP contribution in [0.1, 0.15) is 17.7 Å². The number of benzene rings is 2. The number of hydrogen-bond donors (Lipinski definition) is 2. The van der Waals surface area contributed by atoms with E-state index < -0.39 is 0 Å². The zero-order valence-electron chi connectivity index (χ0n) is 25.3. The van der Waals surface area contributed by atoms with Crippen LogP contribution in [0.15, 0.2) is 48.9 Å². The molecule has 1 aliphatic heterocycles. The number of nitrogens with zero attached hydrogens (tertiary/aromatic N) is 7. The van der Waals surface area contributed by atoms with E-state index in [0.29, 0.717) is 23.1 Å². The first-order chi connectivity index (χ1) is 20.2. The van der Waals surface area contributed by atoms with Gasteiger partial charge in [0.25, 0.3) is 0 Å². The van der Waals surface area contributed by atoms with Crippen LogP contribution >= 0.6 is 0 Å². The first-order valence-electron chi connectivity index (χ1n) is 14.3. The van der Waals surface area contributed by atoms with Crippen molar-refractivity contribution in [1.29, 1.82) is 0 Å². The molecule has 6 rings (SSSR count). The van der Waals surface area contributed by atoms with Crippen LogP contribution in [0.25, 0.3) is 33.3 Å². The Morgan fingerprint density at radius 2 is 1.90 bits per heavy atom. The highest BCUT2D eigenvalue weighted by Crippen LogP contribution is 2.41. The maximum atomic E-state index is 6.54. The number of aryl methyl sites for hydroxylation is 3. The van der Waals surface area contributed by atoms with Crippen molar-refractivity contribution in [3.63, 3.8) is 0 Å². The summed E-state index contributed by atoms with van der Waals surface area (Å²) < 4.78 is 10.0. The molecule has 1 aliphatic rings. The second-order valence-electron chi connectivity index (χ2n) is 11.3. The van der Waals surface area contributed by atoms with E-state index in [9.17, 15) is 0 Å². The van der Waals surface area contributed by atoms with E-state index in [1.165, 1.54) is 16.5 Å². The normalized spacial score (nSPS) is 12.7. The van der Waals surface area contributed by atoms with Crippen molar-refractivity contribution in [2.45, 2.75) is 26.3 Å². The molecule has 10 nitrogen and oxygen atoms in total. The molecule has 3 aromatic heterocycles. The number of para-hydroxylation sites is 1. The maximum Gasteiger partial charge on any atom is 0.227 e. The van der Waals surface area contributed by atoms with Crippen LogP contribution in [0, 0.1) is 6.92 Å². The second kappa shape index (κ2) is 11.0. The summed E-state index contributed by atoms with van der Waals surface area (Å²) >= 11 is 0. The number of nitrogen functional groups attached to an aromatic ring is 1. The van der Waals surface area contributed by atoms with E-state index >= 15 is 0 Å². The van der Waals surface area contributed by atoms with Crippen molar-refractivity contribution in [2.75, 3.05) is 57.3 Å². The summed E-state index contributed by atoms with van der Waals surface area (Å²) in [6.45, 7) is 4.81. The number of nitrogens with one attached hydrogen (secondary N) is 1. The monoisotopic (exact) mass is 565 g/mol. The molecule has 2 aromatic carbocycles. The molecule has 0 radical (unpaired) electrons. The molecule has 218 valence electrons. The number of hydrogen-bond acceptors (Lipinski definition) is 8. The summed E-state index contributed by atoms with van der Waals surface area (Å²) in [5.41, 5.74) is 16.4. The van der Waals surface area contributed by atoms with E-state index in [4.69, 9.17) is 20.4 Å². The van der Waals surface area contributed by atoms with Crippen molar-refractivity contribution in [2.24, 2.45) is 7.05 Å². The van der Waals surface area contributed by atoms with Crippen LogP contribution in [-0.2, 0) is 20.0 Å². The first-order valence-corrected chi connectivity index (χ1v) is 14.3. The molecule has 0 amide bonds. The highest BCUT2D eigenvalue weighted by molar-refractivity contribution is 6.00.